The van der Waals surface area contributed by atoms with Crippen LogP contribution in [0.25, 0.3) is 0 Å². The summed E-state index contributed by atoms with van der Waals surface area (Å²) in [4.78, 5) is 22.9. The van der Waals surface area contributed by atoms with Gasteiger partial charge in [-0.3, -0.25) is 4.79 Å². The summed E-state index contributed by atoms with van der Waals surface area (Å²) in [6.07, 6.45) is 1.06. The third kappa shape index (κ3) is 1.49. The molecule has 1 saturated heterocycles. The van der Waals surface area contributed by atoms with Gasteiger partial charge in [0, 0.05) is 6.42 Å². The SMILES string of the molecule is CCC1(C)CC(C)(C(=O)OC)OC1=O. The molecule has 2 unspecified atom stereocenters. The van der Waals surface area contributed by atoms with Gasteiger partial charge in [-0.05, 0) is 20.3 Å². The standard InChI is InChI=1S/C10H16O4/c1-5-9(2)6-10(3,8(12)13-4)14-7(9)11/h5-6H2,1-4H3. The first kappa shape index (κ1) is 11.0. The predicted octanol–water partition coefficient (Wildman–Crippen LogP) is 1.28. The van der Waals surface area contributed by atoms with Crippen molar-refractivity contribution in [2.24, 2.45) is 5.41 Å². The van der Waals surface area contributed by atoms with Crippen LogP contribution in [0.5, 0.6) is 0 Å². The van der Waals surface area contributed by atoms with Gasteiger partial charge in [0.25, 0.3) is 0 Å². The van der Waals surface area contributed by atoms with Gasteiger partial charge in [0.15, 0.2) is 0 Å². The molecule has 1 rings (SSSR count). The summed E-state index contributed by atoms with van der Waals surface area (Å²) in [5.41, 5.74) is -1.65. The molecule has 0 aromatic carbocycles. The lowest BCUT2D eigenvalue weighted by Crippen LogP contribution is -2.36. The summed E-state index contributed by atoms with van der Waals surface area (Å²) in [5.74, 6) is -0.795. The number of ether oxygens (including phenoxy) is 2. The first-order valence-electron chi connectivity index (χ1n) is 4.70. The number of hydrogen-bond acceptors (Lipinski definition) is 4. The van der Waals surface area contributed by atoms with Gasteiger partial charge in [0.05, 0.1) is 12.5 Å². The average molecular weight is 200 g/mol. The summed E-state index contributed by atoms with van der Waals surface area (Å²) >= 11 is 0. The number of carbonyl (C=O) groups is 2. The highest BCUT2D eigenvalue weighted by molar-refractivity contribution is 5.89. The van der Waals surface area contributed by atoms with Gasteiger partial charge in [-0.25, -0.2) is 4.79 Å². The van der Waals surface area contributed by atoms with E-state index < -0.39 is 17.0 Å². The highest BCUT2D eigenvalue weighted by atomic mass is 16.6. The van der Waals surface area contributed by atoms with Crippen LogP contribution in [0.15, 0.2) is 0 Å². The molecule has 1 fully saturated rings. The maximum atomic E-state index is 11.5. The minimum Gasteiger partial charge on any atom is -0.466 e. The molecule has 4 heteroatoms. The Bertz CT molecular complexity index is 273. The Kier molecular flexibility index (Phi) is 2.56. The van der Waals surface area contributed by atoms with Crippen LogP contribution >= 0.6 is 0 Å². The molecule has 0 aromatic heterocycles. The minimum atomic E-state index is -1.10. The molecule has 0 saturated carbocycles. The van der Waals surface area contributed by atoms with Gasteiger partial charge in [-0.2, -0.15) is 0 Å². The van der Waals surface area contributed by atoms with Crippen LogP contribution in [0.4, 0.5) is 0 Å². The molecule has 0 aliphatic carbocycles. The van der Waals surface area contributed by atoms with Crippen molar-refractivity contribution in [3.63, 3.8) is 0 Å². The fourth-order valence-electron chi connectivity index (χ4n) is 1.78. The van der Waals surface area contributed by atoms with Gasteiger partial charge in [-0.15, -0.1) is 0 Å². The Labute approximate surface area is 83.6 Å². The van der Waals surface area contributed by atoms with Crippen LogP contribution in [-0.2, 0) is 19.1 Å². The fraction of sp³-hybridized carbons (Fsp3) is 0.800. The van der Waals surface area contributed by atoms with Gasteiger partial charge in [0.2, 0.25) is 5.60 Å². The Morgan fingerprint density at radius 1 is 1.57 bits per heavy atom. The van der Waals surface area contributed by atoms with Crippen molar-refractivity contribution >= 4 is 11.9 Å². The molecule has 1 aliphatic heterocycles. The summed E-state index contributed by atoms with van der Waals surface area (Å²) in [6, 6.07) is 0. The van der Waals surface area contributed by atoms with Crippen LogP contribution in [0.1, 0.15) is 33.6 Å². The number of carbonyl (C=O) groups excluding carboxylic acids is 2. The number of esters is 2. The van der Waals surface area contributed by atoms with E-state index in [1.54, 1.807) is 6.92 Å². The maximum absolute atomic E-state index is 11.5. The van der Waals surface area contributed by atoms with E-state index in [9.17, 15) is 9.59 Å². The average Bonchev–Trinajstić information content (AvgIpc) is 2.38. The van der Waals surface area contributed by atoms with E-state index in [1.807, 2.05) is 13.8 Å². The number of rotatable bonds is 2. The van der Waals surface area contributed by atoms with Crippen molar-refractivity contribution in [1.29, 1.82) is 0 Å². The van der Waals surface area contributed by atoms with E-state index >= 15 is 0 Å². The topological polar surface area (TPSA) is 52.6 Å². The molecule has 0 amide bonds. The molecule has 0 radical (unpaired) electrons. The molecule has 4 nitrogen and oxygen atoms in total. The molecule has 2 atom stereocenters. The summed E-state index contributed by atoms with van der Waals surface area (Å²) in [5, 5.41) is 0. The van der Waals surface area contributed by atoms with Crippen molar-refractivity contribution in [3.8, 4) is 0 Å². The predicted molar refractivity (Wildman–Crippen MR) is 49.5 cm³/mol. The highest BCUT2D eigenvalue weighted by Gasteiger charge is 2.55. The summed E-state index contributed by atoms with van der Waals surface area (Å²) < 4.78 is 9.70. The minimum absolute atomic E-state index is 0.312. The molecule has 0 spiro atoms. The smallest absolute Gasteiger partial charge is 0.350 e. The summed E-state index contributed by atoms with van der Waals surface area (Å²) in [6.45, 7) is 5.31. The number of cyclic esters (lactones) is 1. The monoisotopic (exact) mass is 200 g/mol. The quantitative estimate of drug-likeness (QED) is 0.630. The van der Waals surface area contributed by atoms with Crippen LogP contribution in [0, 0.1) is 5.41 Å². The Balaban J connectivity index is 2.91. The zero-order chi connectivity index (χ0) is 11.0. The Morgan fingerprint density at radius 3 is 2.50 bits per heavy atom. The number of hydrogen-bond donors (Lipinski definition) is 0. The zero-order valence-corrected chi connectivity index (χ0v) is 9.05. The van der Waals surface area contributed by atoms with Crippen molar-refractivity contribution in [2.75, 3.05) is 7.11 Å². The second-order valence-electron chi connectivity index (χ2n) is 4.20. The molecule has 0 aromatic rings. The first-order valence-corrected chi connectivity index (χ1v) is 4.70. The maximum Gasteiger partial charge on any atom is 0.350 e. The normalized spacial score (nSPS) is 36.7. The zero-order valence-electron chi connectivity index (χ0n) is 9.05. The fourth-order valence-corrected chi connectivity index (χ4v) is 1.78. The van der Waals surface area contributed by atoms with E-state index in [-0.39, 0.29) is 5.97 Å². The van der Waals surface area contributed by atoms with Crippen LogP contribution < -0.4 is 0 Å². The van der Waals surface area contributed by atoms with E-state index in [4.69, 9.17) is 4.74 Å². The molecule has 1 heterocycles. The van der Waals surface area contributed by atoms with Gasteiger partial charge in [0.1, 0.15) is 0 Å². The van der Waals surface area contributed by atoms with Crippen LogP contribution in [-0.4, -0.2) is 24.6 Å². The van der Waals surface area contributed by atoms with Gasteiger partial charge >= 0.3 is 11.9 Å². The lowest BCUT2D eigenvalue weighted by atomic mass is 9.80. The first-order chi connectivity index (χ1) is 6.38. The largest absolute Gasteiger partial charge is 0.466 e. The van der Waals surface area contributed by atoms with Crippen LogP contribution in [0.3, 0.4) is 0 Å². The molecular formula is C10H16O4. The number of methoxy groups -OCH3 is 1. The van der Waals surface area contributed by atoms with Gasteiger partial charge < -0.3 is 9.47 Å². The molecule has 1 aliphatic rings. The van der Waals surface area contributed by atoms with E-state index in [1.165, 1.54) is 7.11 Å². The second kappa shape index (κ2) is 3.26. The van der Waals surface area contributed by atoms with E-state index in [0.29, 0.717) is 12.8 Å². The molecule has 0 N–H and O–H groups in total. The Hall–Kier alpha value is -1.06. The lowest BCUT2D eigenvalue weighted by Gasteiger charge is -2.20. The van der Waals surface area contributed by atoms with Crippen molar-refractivity contribution < 1.29 is 19.1 Å². The molecule has 80 valence electrons. The second-order valence-corrected chi connectivity index (χ2v) is 4.20. The highest BCUT2D eigenvalue weighted by Crippen LogP contribution is 2.42. The third-order valence-electron chi connectivity index (χ3n) is 2.94. The molecular weight excluding hydrogens is 184 g/mol. The van der Waals surface area contributed by atoms with Crippen molar-refractivity contribution in [1.82, 2.24) is 0 Å². The summed E-state index contributed by atoms with van der Waals surface area (Å²) in [7, 11) is 1.29. The van der Waals surface area contributed by atoms with Crippen molar-refractivity contribution in [2.45, 2.75) is 39.2 Å². The van der Waals surface area contributed by atoms with Gasteiger partial charge in [-0.1, -0.05) is 6.92 Å². The molecule has 14 heavy (non-hydrogen) atoms. The Morgan fingerprint density at radius 2 is 2.14 bits per heavy atom. The lowest BCUT2D eigenvalue weighted by molar-refractivity contribution is -0.170. The van der Waals surface area contributed by atoms with E-state index in [0.717, 1.165) is 0 Å². The van der Waals surface area contributed by atoms with E-state index in [2.05, 4.69) is 4.74 Å². The van der Waals surface area contributed by atoms with Crippen molar-refractivity contribution in [3.05, 3.63) is 0 Å². The van der Waals surface area contributed by atoms with Crippen LogP contribution in [0.2, 0.25) is 0 Å². The third-order valence-corrected chi connectivity index (χ3v) is 2.94. The molecule has 0 bridgehead atoms.